The van der Waals surface area contributed by atoms with Crippen LogP contribution in [0.15, 0.2) is 30.3 Å². The Labute approximate surface area is 209 Å². The molecule has 196 valence electrons. The van der Waals surface area contributed by atoms with Crippen molar-refractivity contribution in [2.45, 2.75) is 96.4 Å². The van der Waals surface area contributed by atoms with Gasteiger partial charge in [0.15, 0.2) is 0 Å². The molecule has 2 rings (SSSR count). The maximum absolute atomic E-state index is 12.9. The normalized spacial score (nSPS) is 18.2. The molecule has 0 heterocycles. The lowest BCUT2D eigenvalue weighted by Gasteiger charge is -2.36. The Hall–Kier alpha value is -2.75. The van der Waals surface area contributed by atoms with Gasteiger partial charge >= 0.3 is 18.3 Å². The van der Waals surface area contributed by atoms with Crippen LogP contribution in [0.4, 0.5) is 14.4 Å². The average Bonchev–Trinajstić information content (AvgIpc) is 2.75. The molecular weight excluding hydrogens is 466 g/mol. The predicted molar refractivity (Wildman–Crippen MR) is 137 cm³/mol. The van der Waals surface area contributed by atoms with Crippen molar-refractivity contribution < 1.29 is 28.6 Å². The summed E-state index contributed by atoms with van der Waals surface area (Å²) in [6.07, 6.45) is 0.671. The molecule has 0 radical (unpaired) electrons. The van der Waals surface area contributed by atoms with Gasteiger partial charge in [0.1, 0.15) is 12.2 Å². The first kappa shape index (κ1) is 28.5. The van der Waals surface area contributed by atoms with E-state index in [4.69, 9.17) is 14.2 Å². The van der Waals surface area contributed by atoms with Gasteiger partial charge in [0.2, 0.25) is 0 Å². The number of carbonyl (C=O) groups excluding carboxylic acids is 3. The van der Waals surface area contributed by atoms with Gasteiger partial charge in [-0.05, 0) is 58.1 Å². The number of hydrazine groups is 1. The summed E-state index contributed by atoms with van der Waals surface area (Å²) in [4.78, 5) is 37.5. The van der Waals surface area contributed by atoms with Crippen LogP contribution in [0.25, 0.3) is 0 Å². The fraction of sp³-hybridized carbons (Fsp3) is 0.640. The molecule has 10 heteroatoms. The molecule has 1 aliphatic rings. The van der Waals surface area contributed by atoms with E-state index < -0.39 is 32.0 Å². The third kappa shape index (κ3) is 11.5. The van der Waals surface area contributed by atoms with Crippen LogP contribution < -0.4 is 10.7 Å². The molecule has 0 saturated heterocycles. The number of nitrogens with zero attached hydrogens (tertiary/aromatic N) is 1. The molecule has 1 saturated carbocycles. The Morgan fingerprint density at radius 2 is 1.60 bits per heavy atom. The van der Waals surface area contributed by atoms with E-state index in [0.29, 0.717) is 32.3 Å². The first-order chi connectivity index (χ1) is 16.3. The molecule has 0 aliphatic heterocycles. The number of nitrogens with one attached hydrogen (secondary N) is 2. The highest BCUT2D eigenvalue weighted by Crippen LogP contribution is 2.24. The highest BCUT2D eigenvalue weighted by atomic mass is 28.3. The number of hydrogen-bond donors (Lipinski definition) is 2. The predicted octanol–water partition coefficient (Wildman–Crippen LogP) is 5.44. The van der Waals surface area contributed by atoms with Crippen LogP contribution in [0.3, 0.4) is 0 Å². The third-order valence-corrected chi connectivity index (χ3v) is 7.19. The van der Waals surface area contributed by atoms with E-state index in [1.165, 1.54) is 5.01 Å². The molecule has 35 heavy (non-hydrogen) atoms. The second-order valence-corrected chi connectivity index (χ2v) is 16.7. The van der Waals surface area contributed by atoms with E-state index in [1.807, 2.05) is 30.3 Å². The van der Waals surface area contributed by atoms with Gasteiger partial charge < -0.3 is 19.5 Å². The van der Waals surface area contributed by atoms with Crippen LogP contribution in [0.2, 0.25) is 25.7 Å². The van der Waals surface area contributed by atoms with Crippen molar-refractivity contribution >= 4 is 26.4 Å². The van der Waals surface area contributed by atoms with Crippen molar-refractivity contribution in [3.8, 4) is 0 Å². The fourth-order valence-electron chi connectivity index (χ4n) is 3.61. The summed E-state index contributed by atoms with van der Waals surface area (Å²) in [5.41, 5.74) is 2.71. The van der Waals surface area contributed by atoms with Gasteiger partial charge in [-0.3, -0.25) is 0 Å². The van der Waals surface area contributed by atoms with Gasteiger partial charge in [-0.1, -0.05) is 50.0 Å². The highest BCUT2D eigenvalue weighted by molar-refractivity contribution is 6.76. The van der Waals surface area contributed by atoms with E-state index in [1.54, 1.807) is 20.8 Å². The minimum atomic E-state index is -1.27. The summed E-state index contributed by atoms with van der Waals surface area (Å²) < 4.78 is 16.1. The van der Waals surface area contributed by atoms with Gasteiger partial charge in [0, 0.05) is 14.1 Å². The number of benzene rings is 1. The molecule has 0 bridgehead atoms. The van der Waals surface area contributed by atoms with Crippen LogP contribution in [0, 0.1) is 0 Å². The summed E-state index contributed by atoms with van der Waals surface area (Å²) in [5, 5.41) is 4.14. The van der Waals surface area contributed by atoms with Gasteiger partial charge in [0.25, 0.3) is 0 Å². The Bertz CT molecular complexity index is 830. The monoisotopic (exact) mass is 507 g/mol. The zero-order valence-corrected chi connectivity index (χ0v) is 22.9. The molecule has 1 fully saturated rings. The van der Waals surface area contributed by atoms with Crippen LogP contribution in [0.1, 0.15) is 52.0 Å². The summed E-state index contributed by atoms with van der Waals surface area (Å²) in [6.45, 7) is 12.5. The summed E-state index contributed by atoms with van der Waals surface area (Å²) >= 11 is 0. The minimum absolute atomic E-state index is 0.0469. The number of rotatable bonds is 7. The maximum Gasteiger partial charge on any atom is 0.429 e. The van der Waals surface area contributed by atoms with Crippen molar-refractivity contribution in [2.24, 2.45) is 0 Å². The Morgan fingerprint density at radius 3 is 2.17 bits per heavy atom. The second kappa shape index (κ2) is 12.8. The Balaban J connectivity index is 1.92. The van der Waals surface area contributed by atoms with E-state index in [9.17, 15) is 14.4 Å². The molecule has 1 aliphatic carbocycles. The van der Waals surface area contributed by atoms with Crippen molar-refractivity contribution in [2.75, 3.05) is 6.61 Å². The largest absolute Gasteiger partial charge is 0.450 e. The number of hydrogen-bond acceptors (Lipinski definition) is 6. The van der Waals surface area contributed by atoms with E-state index in [2.05, 4.69) is 30.4 Å². The molecule has 0 aromatic heterocycles. The number of alkyl carbamates (subject to hydrolysis) is 1. The number of ether oxygens (including phenoxy) is 3. The van der Waals surface area contributed by atoms with Crippen molar-refractivity contribution in [1.82, 2.24) is 15.8 Å². The lowest BCUT2D eigenvalue weighted by atomic mass is 9.91. The second-order valence-electron chi connectivity index (χ2n) is 11.1. The number of carbonyl (C=O) groups is 3. The molecular formula is C25H41N3O6Si. The van der Waals surface area contributed by atoms with Crippen LogP contribution in [-0.2, 0) is 20.8 Å². The van der Waals surface area contributed by atoms with Gasteiger partial charge in [-0.2, -0.15) is 0 Å². The molecule has 1 aromatic rings. The smallest absolute Gasteiger partial charge is 0.429 e. The van der Waals surface area contributed by atoms with Gasteiger partial charge in [-0.25, -0.2) is 24.8 Å². The van der Waals surface area contributed by atoms with Crippen molar-refractivity contribution in [1.29, 1.82) is 0 Å². The van der Waals surface area contributed by atoms with Crippen LogP contribution in [-0.4, -0.2) is 55.7 Å². The topological polar surface area (TPSA) is 106 Å². The standard InChI is InChI=1S/C25H41N3O6Si/c1-25(2,3)34-23(30)27-28(24(31)33-18-19-10-8-7-9-11-19)21-14-12-20(13-15-21)26-22(29)32-16-17-35(4,5)6/h7-11,20-21H,12-18H2,1-6H3,(H,26,29)(H,27,30). The van der Waals surface area contributed by atoms with Crippen LogP contribution >= 0.6 is 0 Å². The lowest BCUT2D eigenvalue weighted by molar-refractivity contribution is 0.0113. The van der Waals surface area contributed by atoms with Crippen LogP contribution in [0.5, 0.6) is 0 Å². The van der Waals surface area contributed by atoms with E-state index in [-0.39, 0.29) is 18.7 Å². The quantitative estimate of drug-likeness (QED) is 0.289. The molecule has 1 aromatic carbocycles. The molecule has 2 N–H and O–H groups in total. The van der Waals surface area contributed by atoms with Crippen molar-refractivity contribution in [3.05, 3.63) is 35.9 Å². The third-order valence-electron chi connectivity index (χ3n) is 5.48. The molecule has 3 amide bonds. The summed E-state index contributed by atoms with van der Waals surface area (Å²) in [6, 6.07) is 9.92. The van der Waals surface area contributed by atoms with Crippen molar-refractivity contribution in [3.63, 3.8) is 0 Å². The van der Waals surface area contributed by atoms with E-state index >= 15 is 0 Å². The molecule has 9 nitrogen and oxygen atoms in total. The highest BCUT2D eigenvalue weighted by Gasteiger charge is 2.33. The minimum Gasteiger partial charge on any atom is -0.450 e. The summed E-state index contributed by atoms with van der Waals surface area (Å²) in [7, 11) is -1.27. The molecule has 0 spiro atoms. The lowest BCUT2D eigenvalue weighted by Crippen LogP contribution is -2.55. The summed E-state index contributed by atoms with van der Waals surface area (Å²) in [5.74, 6) is 0. The maximum atomic E-state index is 12.9. The first-order valence-corrected chi connectivity index (χ1v) is 16.0. The van der Waals surface area contributed by atoms with Gasteiger partial charge in [-0.15, -0.1) is 0 Å². The number of amides is 3. The van der Waals surface area contributed by atoms with E-state index in [0.717, 1.165) is 11.6 Å². The Morgan fingerprint density at radius 1 is 0.971 bits per heavy atom. The van der Waals surface area contributed by atoms with Gasteiger partial charge in [0.05, 0.1) is 12.6 Å². The fourth-order valence-corrected chi connectivity index (χ4v) is 4.33. The average molecular weight is 508 g/mol. The first-order valence-electron chi connectivity index (χ1n) is 12.3. The molecule has 0 unspecified atom stereocenters. The zero-order valence-electron chi connectivity index (χ0n) is 21.9. The zero-order chi connectivity index (χ0) is 26.1. The molecule has 0 atom stereocenters. The SMILES string of the molecule is CC(C)(C)OC(=O)NN(C(=O)OCc1ccccc1)C1CCC(NC(=O)OCC[Si](C)(C)C)CC1. The Kier molecular flexibility index (Phi) is 10.4.